The maximum absolute atomic E-state index is 13.4. The molecular weight excluding hydrogens is 374 g/mol. The number of carbonyl (C=O) groups is 2. The summed E-state index contributed by atoms with van der Waals surface area (Å²) in [5.41, 5.74) is 1.20. The quantitative estimate of drug-likeness (QED) is 0.511. The summed E-state index contributed by atoms with van der Waals surface area (Å²) in [5.74, 6) is 0.838. The van der Waals surface area contributed by atoms with Crippen LogP contribution in [0.1, 0.15) is 57.9 Å². The highest BCUT2D eigenvalue weighted by molar-refractivity contribution is 8.04. The lowest BCUT2D eigenvalue weighted by Gasteiger charge is -2.25. The lowest BCUT2D eigenvalue weighted by molar-refractivity contribution is -0.139. The van der Waals surface area contributed by atoms with E-state index in [0.29, 0.717) is 27.5 Å². The molecule has 1 saturated carbocycles. The third kappa shape index (κ3) is 4.07. The summed E-state index contributed by atoms with van der Waals surface area (Å²) in [4.78, 5) is 28.8. The molecule has 1 aromatic carbocycles. The van der Waals surface area contributed by atoms with Crippen molar-refractivity contribution in [3.8, 4) is 11.5 Å². The molecule has 0 unspecified atom stereocenters. The maximum Gasteiger partial charge on any atom is 0.268 e. The molecule has 28 heavy (non-hydrogen) atoms. The molecule has 0 radical (unpaired) electrons. The van der Waals surface area contributed by atoms with Gasteiger partial charge in [0.2, 0.25) is 0 Å². The van der Waals surface area contributed by atoms with Crippen LogP contribution in [0, 0.1) is 0 Å². The third-order valence-corrected chi connectivity index (χ3v) is 6.37. The fraction of sp³-hybridized carbons (Fsp3) is 0.545. The average molecular weight is 404 g/mol. The predicted molar refractivity (Wildman–Crippen MR) is 113 cm³/mol. The van der Waals surface area contributed by atoms with Gasteiger partial charge in [0.05, 0.1) is 24.7 Å². The van der Waals surface area contributed by atoms with E-state index in [2.05, 4.69) is 0 Å². The van der Waals surface area contributed by atoms with Crippen LogP contribution in [-0.2, 0) is 9.59 Å². The van der Waals surface area contributed by atoms with Crippen molar-refractivity contribution in [1.82, 2.24) is 4.90 Å². The number of ether oxygens (including phenoxy) is 2. The number of carbonyl (C=O) groups excluding carboxylic acids is 2. The van der Waals surface area contributed by atoms with Gasteiger partial charge in [-0.15, -0.1) is 11.8 Å². The summed E-state index contributed by atoms with van der Waals surface area (Å²) >= 11 is 1.47. The Bertz CT molecular complexity index is 779. The molecule has 1 aliphatic heterocycles. The fourth-order valence-electron chi connectivity index (χ4n) is 3.97. The molecule has 6 heteroatoms. The van der Waals surface area contributed by atoms with E-state index in [4.69, 9.17) is 9.47 Å². The number of methoxy groups -OCH3 is 2. The molecule has 2 aliphatic rings. The zero-order chi connectivity index (χ0) is 20.3. The number of rotatable bonds is 6. The van der Waals surface area contributed by atoms with Gasteiger partial charge in [-0.25, -0.2) is 0 Å². The highest BCUT2D eigenvalue weighted by Crippen LogP contribution is 2.42. The topological polar surface area (TPSA) is 55.8 Å². The van der Waals surface area contributed by atoms with Gasteiger partial charge in [0.25, 0.3) is 11.8 Å². The van der Waals surface area contributed by atoms with Crippen LogP contribution in [0.15, 0.2) is 23.1 Å². The zero-order valence-corrected chi connectivity index (χ0v) is 17.9. The Balaban J connectivity index is 2.03. The van der Waals surface area contributed by atoms with Crippen molar-refractivity contribution in [2.45, 2.75) is 63.7 Å². The van der Waals surface area contributed by atoms with Crippen molar-refractivity contribution >= 4 is 29.1 Å². The molecule has 0 atom stereocenters. The standard InChI is InChI=1S/C22H29NO4S/c1-14(2)28-20-19(15-11-12-17(26-3)18(13-15)27-4)21(24)23(22(20)25)16-9-7-5-6-8-10-16/h11-14,16H,5-10H2,1-4H3. The van der Waals surface area contributed by atoms with E-state index in [9.17, 15) is 9.59 Å². The molecule has 0 saturated heterocycles. The van der Waals surface area contributed by atoms with Crippen molar-refractivity contribution in [2.24, 2.45) is 0 Å². The van der Waals surface area contributed by atoms with Crippen LogP contribution in [0.2, 0.25) is 0 Å². The SMILES string of the molecule is COc1ccc(C2=C(SC(C)C)C(=O)N(C3CCCCCC3)C2=O)cc1OC. The molecule has 5 nitrogen and oxygen atoms in total. The van der Waals surface area contributed by atoms with Crippen molar-refractivity contribution in [1.29, 1.82) is 0 Å². The monoisotopic (exact) mass is 403 g/mol. The summed E-state index contributed by atoms with van der Waals surface area (Å²) < 4.78 is 10.7. The summed E-state index contributed by atoms with van der Waals surface area (Å²) in [5, 5.41) is 0.205. The van der Waals surface area contributed by atoms with Crippen LogP contribution in [0.5, 0.6) is 11.5 Å². The van der Waals surface area contributed by atoms with E-state index in [0.717, 1.165) is 25.7 Å². The van der Waals surface area contributed by atoms with Crippen LogP contribution < -0.4 is 9.47 Å². The van der Waals surface area contributed by atoms with Gasteiger partial charge in [0.15, 0.2) is 11.5 Å². The fourth-order valence-corrected chi connectivity index (χ4v) is 4.96. The van der Waals surface area contributed by atoms with E-state index in [-0.39, 0.29) is 23.1 Å². The van der Waals surface area contributed by atoms with Crippen molar-refractivity contribution < 1.29 is 19.1 Å². The second-order valence-corrected chi connectivity index (χ2v) is 9.15. The van der Waals surface area contributed by atoms with Crippen LogP contribution >= 0.6 is 11.8 Å². The minimum Gasteiger partial charge on any atom is -0.493 e. The summed E-state index contributed by atoms with van der Waals surface area (Å²) in [7, 11) is 3.15. The molecule has 2 amide bonds. The Hall–Kier alpha value is -1.95. The lowest BCUT2D eigenvalue weighted by Crippen LogP contribution is -2.40. The smallest absolute Gasteiger partial charge is 0.268 e. The Kier molecular flexibility index (Phi) is 6.70. The number of imide groups is 1. The second kappa shape index (κ2) is 9.03. The molecule has 152 valence electrons. The van der Waals surface area contributed by atoms with Crippen molar-refractivity contribution in [3.05, 3.63) is 28.7 Å². The molecule has 0 N–H and O–H groups in total. The third-order valence-electron chi connectivity index (χ3n) is 5.29. The van der Waals surface area contributed by atoms with E-state index in [1.807, 2.05) is 19.9 Å². The largest absolute Gasteiger partial charge is 0.493 e. The summed E-state index contributed by atoms with van der Waals surface area (Å²) in [6.07, 6.45) is 6.29. The number of nitrogens with zero attached hydrogens (tertiary/aromatic N) is 1. The van der Waals surface area contributed by atoms with E-state index >= 15 is 0 Å². The Morgan fingerprint density at radius 3 is 2.18 bits per heavy atom. The number of benzene rings is 1. The lowest BCUT2D eigenvalue weighted by atomic mass is 10.0. The maximum atomic E-state index is 13.4. The Morgan fingerprint density at radius 2 is 1.61 bits per heavy atom. The van der Waals surface area contributed by atoms with Gasteiger partial charge >= 0.3 is 0 Å². The first kappa shape index (κ1) is 20.8. The van der Waals surface area contributed by atoms with Crippen LogP contribution in [0.3, 0.4) is 0 Å². The molecule has 1 fully saturated rings. The van der Waals surface area contributed by atoms with Gasteiger partial charge in [-0.3, -0.25) is 14.5 Å². The Morgan fingerprint density at radius 1 is 0.964 bits per heavy atom. The summed E-state index contributed by atoms with van der Waals surface area (Å²) in [6, 6.07) is 5.41. The number of amides is 2. The normalized spacial score (nSPS) is 18.8. The van der Waals surface area contributed by atoms with Crippen LogP contribution in [0.4, 0.5) is 0 Å². The molecule has 3 rings (SSSR count). The highest BCUT2D eigenvalue weighted by Gasteiger charge is 2.43. The molecular formula is C22H29NO4S. The van der Waals surface area contributed by atoms with Gasteiger partial charge in [-0.05, 0) is 30.5 Å². The minimum absolute atomic E-state index is 0.00269. The van der Waals surface area contributed by atoms with Crippen LogP contribution in [-0.4, -0.2) is 42.2 Å². The molecule has 0 bridgehead atoms. The van der Waals surface area contributed by atoms with Crippen molar-refractivity contribution in [2.75, 3.05) is 14.2 Å². The summed E-state index contributed by atoms with van der Waals surface area (Å²) in [6.45, 7) is 4.08. The van der Waals surface area contributed by atoms with Gasteiger partial charge in [-0.1, -0.05) is 45.6 Å². The first-order valence-corrected chi connectivity index (χ1v) is 10.9. The second-order valence-electron chi connectivity index (χ2n) is 7.57. The predicted octanol–water partition coefficient (Wildman–Crippen LogP) is 4.65. The average Bonchev–Trinajstić information content (AvgIpc) is 2.86. The zero-order valence-electron chi connectivity index (χ0n) is 17.1. The van der Waals surface area contributed by atoms with Gasteiger partial charge in [0, 0.05) is 11.3 Å². The van der Waals surface area contributed by atoms with E-state index in [1.165, 1.54) is 29.5 Å². The van der Waals surface area contributed by atoms with Gasteiger partial charge in [0.1, 0.15) is 0 Å². The van der Waals surface area contributed by atoms with Gasteiger partial charge < -0.3 is 9.47 Å². The highest BCUT2D eigenvalue weighted by atomic mass is 32.2. The number of hydrogen-bond acceptors (Lipinski definition) is 5. The van der Waals surface area contributed by atoms with E-state index in [1.54, 1.807) is 26.4 Å². The molecule has 1 aliphatic carbocycles. The molecule has 0 spiro atoms. The molecule has 1 aromatic rings. The first-order valence-electron chi connectivity index (χ1n) is 9.99. The van der Waals surface area contributed by atoms with Crippen LogP contribution in [0.25, 0.3) is 5.57 Å². The number of hydrogen-bond donors (Lipinski definition) is 0. The molecule has 1 heterocycles. The Labute approximate surface area is 171 Å². The number of thioether (sulfide) groups is 1. The minimum atomic E-state index is -0.174. The molecule has 0 aromatic heterocycles. The van der Waals surface area contributed by atoms with Crippen molar-refractivity contribution in [3.63, 3.8) is 0 Å². The first-order chi connectivity index (χ1) is 13.5. The van der Waals surface area contributed by atoms with E-state index < -0.39 is 0 Å². The van der Waals surface area contributed by atoms with Gasteiger partial charge in [-0.2, -0.15) is 0 Å².